The summed E-state index contributed by atoms with van der Waals surface area (Å²) in [6.07, 6.45) is 0.944. The highest BCUT2D eigenvalue weighted by Gasteiger charge is 2.34. The minimum atomic E-state index is -0.326. The van der Waals surface area contributed by atoms with Crippen molar-refractivity contribution in [1.29, 1.82) is 0 Å². The second-order valence-corrected chi connectivity index (χ2v) is 7.49. The van der Waals surface area contributed by atoms with Crippen LogP contribution in [0.5, 0.6) is 11.5 Å². The zero-order chi connectivity index (χ0) is 21.0. The third-order valence-corrected chi connectivity index (χ3v) is 5.35. The van der Waals surface area contributed by atoms with Gasteiger partial charge >= 0.3 is 0 Å². The van der Waals surface area contributed by atoms with Crippen LogP contribution in [0.25, 0.3) is 0 Å². The van der Waals surface area contributed by atoms with Gasteiger partial charge in [-0.15, -0.1) is 0 Å². The minimum absolute atomic E-state index is 0.0200. The maximum Gasteiger partial charge on any atom is 0.229 e. The van der Waals surface area contributed by atoms with Crippen molar-refractivity contribution in [2.45, 2.75) is 26.7 Å². The monoisotopic (exact) mass is 396 g/mol. The molecule has 1 heterocycles. The molecule has 2 aromatic carbocycles. The summed E-state index contributed by atoms with van der Waals surface area (Å²) in [5.41, 5.74) is 3.97. The number of anilines is 1. The molecule has 0 aromatic heterocycles. The van der Waals surface area contributed by atoms with E-state index in [1.165, 1.54) is 0 Å². The number of ether oxygens (including phenoxy) is 2. The van der Waals surface area contributed by atoms with E-state index >= 15 is 0 Å². The van der Waals surface area contributed by atoms with Crippen LogP contribution in [0.4, 0.5) is 5.69 Å². The maximum absolute atomic E-state index is 12.7. The van der Waals surface area contributed by atoms with Crippen LogP contribution in [0.15, 0.2) is 36.4 Å². The fourth-order valence-electron chi connectivity index (χ4n) is 3.57. The van der Waals surface area contributed by atoms with Gasteiger partial charge < -0.3 is 19.7 Å². The lowest BCUT2D eigenvalue weighted by Crippen LogP contribution is -2.30. The Hall–Kier alpha value is -3.02. The number of likely N-dealkylation sites (tertiary alicyclic amines) is 1. The van der Waals surface area contributed by atoms with E-state index in [4.69, 9.17) is 9.47 Å². The quantitative estimate of drug-likeness (QED) is 0.779. The average Bonchev–Trinajstić information content (AvgIpc) is 3.09. The summed E-state index contributed by atoms with van der Waals surface area (Å²) >= 11 is 0. The van der Waals surface area contributed by atoms with Gasteiger partial charge in [0.15, 0.2) is 11.5 Å². The topological polar surface area (TPSA) is 67.9 Å². The van der Waals surface area contributed by atoms with Crippen LogP contribution < -0.4 is 14.8 Å². The largest absolute Gasteiger partial charge is 0.493 e. The molecule has 1 saturated heterocycles. The van der Waals surface area contributed by atoms with Crippen LogP contribution >= 0.6 is 0 Å². The van der Waals surface area contributed by atoms with E-state index in [9.17, 15) is 9.59 Å². The van der Waals surface area contributed by atoms with Gasteiger partial charge in [-0.1, -0.05) is 18.2 Å². The number of amides is 2. The number of carbonyl (C=O) groups is 2. The summed E-state index contributed by atoms with van der Waals surface area (Å²) < 4.78 is 10.6. The summed E-state index contributed by atoms with van der Waals surface area (Å²) in [5.74, 6) is 0.945. The molecule has 0 unspecified atom stereocenters. The van der Waals surface area contributed by atoms with E-state index in [1.807, 2.05) is 50.2 Å². The van der Waals surface area contributed by atoms with Gasteiger partial charge in [-0.25, -0.2) is 0 Å². The van der Waals surface area contributed by atoms with Gasteiger partial charge in [-0.3, -0.25) is 9.59 Å². The van der Waals surface area contributed by atoms with E-state index < -0.39 is 0 Å². The molecule has 0 spiro atoms. The molecular weight excluding hydrogens is 368 g/mol. The first kappa shape index (κ1) is 20.7. The van der Waals surface area contributed by atoms with Crippen LogP contribution in [-0.4, -0.2) is 44.0 Å². The fraction of sp³-hybridized carbons (Fsp3) is 0.391. The molecule has 6 heteroatoms. The third-order valence-electron chi connectivity index (χ3n) is 5.35. The molecule has 0 bridgehead atoms. The smallest absolute Gasteiger partial charge is 0.229 e. The number of rotatable bonds is 7. The van der Waals surface area contributed by atoms with Gasteiger partial charge in [0.1, 0.15) is 0 Å². The highest BCUT2D eigenvalue weighted by Crippen LogP contribution is 2.28. The molecule has 154 valence electrons. The molecule has 6 nitrogen and oxygen atoms in total. The summed E-state index contributed by atoms with van der Waals surface area (Å²) in [5, 5.41) is 2.99. The van der Waals surface area contributed by atoms with Gasteiger partial charge in [0, 0.05) is 25.2 Å². The highest BCUT2D eigenvalue weighted by molar-refractivity contribution is 5.97. The lowest BCUT2D eigenvalue weighted by Gasteiger charge is -2.17. The predicted octanol–water partition coefficient (Wildman–Crippen LogP) is 3.35. The predicted molar refractivity (Wildman–Crippen MR) is 112 cm³/mol. The molecule has 3 rings (SSSR count). The second kappa shape index (κ2) is 8.99. The maximum atomic E-state index is 12.7. The first-order valence-electron chi connectivity index (χ1n) is 9.78. The van der Waals surface area contributed by atoms with Crippen LogP contribution in [0.3, 0.4) is 0 Å². The minimum Gasteiger partial charge on any atom is -0.493 e. The molecule has 0 saturated carbocycles. The molecule has 1 fully saturated rings. The summed E-state index contributed by atoms with van der Waals surface area (Å²) in [4.78, 5) is 26.9. The second-order valence-electron chi connectivity index (χ2n) is 7.49. The number of hydrogen-bond donors (Lipinski definition) is 1. The summed E-state index contributed by atoms with van der Waals surface area (Å²) in [6, 6.07) is 11.7. The van der Waals surface area contributed by atoms with E-state index in [1.54, 1.807) is 19.1 Å². The van der Waals surface area contributed by atoms with Crippen LogP contribution in [0.2, 0.25) is 0 Å². The average molecular weight is 396 g/mol. The Morgan fingerprint density at radius 2 is 1.86 bits per heavy atom. The van der Waals surface area contributed by atoms with Crippen molar-refractivity contribution in [2.24, 2.45) is 5.92 Å². The van der Waals surface area contributed by atoms with Gasteiger partial charge in [0.2, 0.25) is 11.8 Å². The van der Waals surface area contributed by atoms with Crippen molar-refractivity contribution >= 4 is 17.5 Å². The zero-order valence-corrected chi connectivity index (χ0v) is 17.5. The number of hydrogen-bond acceptors (Lipinski definition) is 4. The SMILES string of the molecule is COc1ccc(CCN2C[C@H](C(=O)Nc3cc(C)ccc3C)CC2=O)cc1OC. The Bertz CT molecular complexity index is 910. The highest BCUT2D eigenvalue weighted by atomic mass is 16.5. The van der Waals surface area contributed by atoms with Crippen molar-refractivity contribution in [1.82, 2.24) is 4.90 Å². The standard InChI is InChI=1S/C23H28N2O4/c1-15-5-6-16(2)19(11-15)24-23(27)18-13-22(26)25(14-18)10-9-17-7-8-20(28-3)21(12-17)29-4/h5-8,11-12,18H,9-10,13-14H2,1-4H3,(H,24,27)/t18-/m1/s1. The van der Waals surface area contributed by atoms with Gasteiger partial charge in [0.25, 0.3) is 0 Å². The molecule has 1 aliphatic heterocycles. The Morgan fingerprint density at radius 3 is 2.59 bits per heavy atom. The zero-order valence-electron chi connectivity index (χ0n) is 17.5. The summed E-state index contributed by atoms with van der Waals surface area (Å²) in [7, 11) is 3.20. The fourth-order valence-corrected chi connectivity index (χ4v) is 3.57. The van der Waals surface area contributed by atoms with Crippen LogP contribution in [0, 0.1) is 19.8 Å². The Balaban J connectivity index is 1.58. The van der Waals surface area contributed by atoms with Crippen molar-refractivity contribution in [3.63, 3.8) is 0 Å². The Kier molecular flexibility index (Phi) is 6.42. The van der Waals surface area contributed by atoms with Gasteiger partial charge in [-0.2, -0.15) is 0 Å². The number of aryl methyl sites for hydroxylation is 2. The molecule has 1 aliphatic rings. The van der Waals surface area contributed by atoms with Gasteiger partial charge in [-0.05, 0) is 55.2 Å². The first-order valence-corrected chi connectivity index (χ1v) is 9.78. The van der Waals surface area contributed by atoms with Crippen molar-refractivity contribution in [2.75, 3.05) is 32.6 Å². The molecule has 29 heavy (non-hydrogen) atoms. The first-order chi connectivity index (χ1) is 13.9. The van der Waals surface area contributed by atoms with E-state index in [-0.39, 0.29) is 24.2 Å². The van der Waals surface area contributed by atoms with Crippen LogP contribution in [0.1, 0.15) is 23.1 Å². The molecule has 1 N–H and O–H groups in total. The van der Waals surface area contributed by atoms with Crippen molar-refractivity contribution in [3.05, 3.63) is 53.1 Å². The lowest BCUT2D eigenvalue weighted by atomic mass is 10.1. The third kappa shape index (κ3) is 4.88. The normalized spacial score (nSPS) is 16.1. The molecule has 0 aliphatic carbocycles. The van der Waals surface area contributed by atoms with Crippen molar-refractivity contribution in [3.8, 4) is 11.5 Å². The Labute approximate surface area is 171 Å². The molecular formula is C23H28N2O4. The molecule has 2 aromatic rings. The number of carbonyl (C=O) groups excluding carboxylic acids is 2. The van der Waals surface area contributed by atoms with E-state index in [2.05, 4.69) is 5.32 Å². The lowest BCUT2D eigenvalue weighted by molar-refractivity contribution is -0.128. The number of nitrogens with zero attached hydrogens (tertiary/aromatic N) is 1. The van der Waals surface area contributed by atoms with Gasteiger partial charge in [0.05, 0.1) is 20.1 Å². The summed E-state index contributed by atoms with van der Waals surface area (Å²) in [6.45, 7) is 4.97. The number of methoxy groups -OCH3 is 2. The number of benzene rings is 2. The number of nitrogens with one attached hydrogen (secondary N) is 1. The molecule has 2 amide bonds. The Morgan fingerprint density at radius 1 is 1.10 bits per heavy atom. The van der Waals surface area contributed by atoms with E-state index in [0.717, 1.165) is 22.4 Å². The van der Waals surface area contributed by atoms with Crippen molar-refractivity contribution < 1.29 is 19.1 Å². The molecule has 0 radical (unpaired) electrons. The van der Waals surface area contributed by atoms with Crippen LogP contribution in [-0.2, 0) is 16.0 Å². The molecule has 1 atom stereocenters. The van der Waals surface area contributed by atoms with E-state index in [0.29, 0.717) is 31.0 Å².